The van der Waals surface area contributed by atoms with E-state index in [1.807, 2.05) is 0 Å². The summed E-state index contributed by atoms with van der Waals surface area (Å²) in [6.45, 7) is 2.16. The van der Waals surface area contributed by atoms with Gasteiger partial charge < -0.3 is 4.74 Å². The summed E-state index contributed by atoms with van der Waals surface area (Å²) in [4.78, 5) is 1.38. The number of halogens is 1. The first kappa shape index (κ1) is 10.3. The molecule has 1 fully saturated rings. The number of epoxide rings is 1. The molecule has 0 N–H and O–H groups in total. The summed E-state index contributed by atoms with van der Waals surface area (Å²) in [5.74, 6) is 0. The van der Waals surface area contributed by atoms with Gasteiger partial charge in [-0.2, -0.15) is 0 Å². The first-order valence-electron chi connectivity index (χ1n) is 4.69. The highest BCUT2D eigenvalue weighted by Gasteiger charge is 2.43. The van der Waals surface area contributed by atoms with Crippen LogP contribution < -0.4 is 0 Å². The van der Waals surface area contributed by atoms with Gasteiger partial charge in [-0.05, 0) is 58.0 Å². The Kier molecular flexibility index (Phi) is 2.62. The van der Waals surface area contributed by atoms with Gasteiger partial charge >= 0.3 is 0 Å². The van der Waals surface area contributed by atoms with Crippen molar-refractivity contribution in [3.63, 3.8) is 0 Å². The molecule has 15 heavy (non-hydrogen) atoms. The zero-order valence-corrected chi connectivity index (χ0v) is 11.9. The number of hydrogen-bond acceptors (Lipinski definition) is 3. The van der Waals surface area contributed by atoms with Gasteiger partial charge in [-0.3, -0.25) is 0 Å². The third kappa shape index (κ3) is 1.77. The fourth-order valence-electron chi connectivity index (χ4n) is 1.78. The van der Waals surface area contributed by atoms with Crippen LogP contribution in [0.2, 0.25) is 0 Å². The van der Waals surface area contributed by atoms with Crippen LogP contribution >= 0.6 is 45.3 Å². The van der Waals surface area contributed by atoms with Gasteiger partial charge in [0.1, 0.15) is 12.2 Å². The molecule has 2 atom stereocenters. The van der Waals surface area contributed by atoms with Gasteiger partial charge in [0.15, 0.2) is 0 Å². The normalized spacial score (nSPS) is 24.4. The van der Waals surface area contributed by atoms with Crippen LogP contribution in [0.25, 0.3) is 0 Å². The summed E-state index contributed by atoms with van der Waals surface area (Å²) in [5, 5.41) is 4.28. The summed E-state index contributed by atoms with van der Waals surface area (Å²) in [5.41, 5.74) is 2.73. The second-order valence-electron chi connectivity index (χ2n) is 3.56. The molecule has 2 aromatic rings. The molecule has 1 saturated heterocycles. The van der Waals surface area contributed by atoms with E-state index in [4.69, 9.17) is 4.74 Å². The number of rotatable bonds is 2. The zero-order valence-electron chi connectivity index (χ0n) is 8.07. The Morgan fingerprint density at radius 3 is 2.40 bits per heavy atom. The van der Waals surface area contributed by atoms with Gasteiger partial charge in [0.25, 0.3) is 0 Å². The second kappa shape index (κ2) is 3.84. The smallest absolute Gasteiger partial charge is 0.116 e. The van der Waals surface area contributed by atoms with Crippen molar-refractivity contribution >= 4 is 45.3 Å². The molecule has 0 bridgehead atoms. The summed E-state index contributed by atoms with van der Waals surface area (Å²) in [7, 11) is 0. The monoisotopic (exact) mass is 348 g/mol. The second-order valence-corrected chi connectivity index (χ2v) is 7.41. The molecule has 1 aliphatic rings. The minimum Gasteiger partial charge on any atom is -0.359 e. The van der Waals surface area contributed by atoms with Crippen molar-refractivity contribution < 1.29 is 4.74 Å². The largest absolute Gasteiger partial charge is 0.359 e. The number of ether oxygens (including phenoxy) is 1. The highest BCUT2D eigenvalue weighted by atomic mass is 127. The maximum atomic E-state index is 5.78. The molecule has 3 heterocycles. The van der Waals surface area contributed by atoms with E-state index >= 15 is 0 Å². The minimum atomic E-state index is 0.302. The lowest BCUT2D eigenvalue weighted by atomic mass is 10.1. The van der Waals surface area contributed by atoms with E-state index < -0.39 is 0 Å². The molecule has 78 valence electrons. The number of aryl methyl sites for hydroxylation is 1. The molecule has 0 radical (unpaired) electrons. The highest BCUT2D eigenvalue weighted by Crippen LogP contribution is 2.53. The molecule has 1 nitrogen and oxygen atoms in total. The first-order valence-corrected chi connectivity index (χ1v) is 7.53. The molecule has 4 heteroatoms. The van der Waals surface area contributed by atoms with Gasteiger partial charge in [-0.25, -0.2) is 0 Å². The standard InChI is InChI=1S/C11H9IOS2/c1-6-7(2-4-14-6)9-10(13-9)8-3-5-15-11(8)12/h2-5,9-10H,1H3. The average molecular weight is 348 g/mol. The molecular weight excluding hydrogens is 339 g/mol. The number of hydrogen-bond donors (Lipinski definition) is 0. The Hall–Kier alpha value is 0.0900. The quantitative estimate of drug-likeness (QED) is 0.574. The van der Waals surface area contributed by atoms with E-state index in [9.17, 15) is 0 Å². The third-order valence-corrected chi connectivity index (χ3v) is 5.61. The fraction of sp³-hybridized carbons (Fsp3) is 0.273. The Balaban J connectivity index is 1.86. The fourth-order valence-corrected chi connectivity index (χ4v) is 4.10. The predicted molar refractivity (Wildman–Crippen MR) is 72.7 cm³/mol. The van der Waals surface area contributed by atoms with E-state index in [0.717, 1.165) is 0 Å². The van der Waals surface area contributed by atoms with Gasteiger partial charge in [0.2, 0.25) is 0 Å². The molecule has 0 aromatic carbocycles. The summed E-state index contributed by atoms with van der Waals surface area (Å²) in [6.07, 6.45) is 0.607. The molecule has 0 saturated carbocycles. The Morgan fingerprint density at radius 2 is 1.80 bits per heavy atom. The van der Waals surface area contributed by atoms with E-state index in [0.29, 0.717) is 12.2 Å². The SMILES string of the molecule is Cc1sccc1C1OC1c1ccsc1I. The molecule has 0 spiro atoms. The van der Waals surface area contributed by atoms with Crippen molar-refractivity contribution in [2.24, 2.45) is 0 Å². The molecule has 0 amide bonds. The summed E-state index contributed by atoms with van der Waals surface area (Å²) in [6, 6.07) is 4.36. The molecule has 0 aliphatic carbocycles. The van der Waals surface area contributed by atoms with Crippen LogP contribution in [0.15, 0.2) is 22.9 Å². The topological polar surface area (TPSA) is 12.5 Å². The van der Waals surface area contributed by atoms with Crippen LogP contribution in [-0.4, -0.2) is 0 Å². The number of thiophene rings is 2. The van der Waals surface area contributed by atoms with Crippen LogP contribution in [0.4, 0.5) is 0 Å². The Bertz CT molecular complexity index is 444. The van der Waals surface area contributed by atoms with Crippen molar-refractivity contribution in [1.29, 1.82) is 0 Å². The average Bonchev–Trinajstić information content (AvgIpc) is 2.67. The summed E-state index contributed by atoms with van der Waals surface area (Å²) >= 11 is 5.97. The molecular formula is C11H9IOS2. The van der Waals surface area contributed by atoms with Crippen molar-refractivity contribution in [3.8, 4) is 0 Å². The van der Waals surface area contributed by atoms with Crippen LogP contribution in [0, 0.1) is 9.81 Å². The van der Waals surface area contributed by atoms with Crippen molar-refractivity contribution in [1.82, 2.24) is 0 Å². The highest BCUT2D eigenvalue weighted by molar-refractivity contribution is 14.1. The summed E-state index contributed by atoms with van der Waals surface area (Å²) < 4.78 is 7.13. The first-order chi connectivity index (χ1) is 7.27. The van der Waals surface area contributed by atoms with Crippen molar-refractivity contribution in [3.05, 3.63) is 41.8 Å². The lowest BCUT2D eigenvalue weighted by molar-refractivity contribution is 0.377. The van der Waals surface area contributed by atoms with Gasteiger partial charge in [0, 0.05) is 10.4 Å². The predicted octanol–water partition coefficient (Wildman–Crippen LogP) is 4.54. The lowest BCUT2D eigenvalue weighted by Gasteiger charge is -1.93. The zero-order chi connectivity index (χ0) is 10.4. The van der Waals surface area contributed by atoms with Crippen LogP contribution in [-0.2, 0) is 4.74 Å². The van der Waals surface area contributed by atoms with E-state index in [-0.39, 0.29) is 0 Å². The Labute approximate surface area is 110 Å². The minimum absolute atomic E-state index is 0.302. The van der Waals surface area contributed by atoms with E-state index in [2.05, 4.69) is 52.4 Å². The van der Waals surface area contributed by atoms with Gasteiger partial charge in [-0.15, -0.1) is 22.7 Å². The van der Waals surface area contributed by atoms with Crippen LogP contribution in [0.3, 0.4) is 0 Å². The van der Waals surface area contributed by atoms with Crippen LogP contribution in [0.1, 0.15) is 28.2 Å². The molecule has 1 aliphatic heterocycles. The van der Waals surface area contributed by atoms with Crippen molar-refractivity contribution in [2.45, 2.75) is 19.1 Å². The molecule has 3 rings (SSSR count). The Morgan fingerprint density at radius 1 is 1.13 bits per heavy atom. The maximum Gasteiger partial charge on any atom is 0.116 e. The maximum absolute atomic E-state index is 5.78. The molecule has 2 unspecified atom stereocenters. The van der Waals surface area contributed by atoms with Gasteiger partial charge in [-0.1, -0.05) is 0 Å². The van der Waals surface area contributed by atoms with Gasteiger partial charge in [0.05, 0.1) is 2.88 Å². The van der Waals surface area contributed by atoms with E-state index in [1.165, 1.54) is 18.9 Å². The van der Waals surface area contributed by atoms with Crippen LogP contribution in [0.5, 0.6) is 0 Å². The lowest BCUT2D eigenvalue weighted by Crippen LogP contribution is -1.83. The van der Waals surface area contributed by atoms with E-state index in [1.54, 1.807) is 22.7 Å². The van der Waals surface area contributed by atoms with Crippen molar-refractivity contribution in [2.75, 3.05) is 0 Å². The molecule has 2 aromatic heterocycles. The third-order valence-electron chi connectivity index (χ3n) is 2.65.